The SMILES string of the molecule is CCCCCCCCCCC/C=C/CCCCC(=O)O[C@@H](COC(=O)CCCCCCCCCCCCCCCCCCCCC)COP(=O)(O)OC1C(O)C(O)C(O)[C@H](O)C1O. The number of hydrogen-bond acceptors (Lipinski definition) is 12. The maximum Gasteiger partial charge on any atom is 0.472 e. The molecule has 0 saturated heterocycles. The Morgan fingerprint density at radius 2 is 0.810 bits per heavy atom. The van der Waals surface area contributed by atoms with Crippen LogP contribution in [-0.4, -0.2) is 98.3 Å². The van der Waals surface area contributed by atoms with Gasteiger partial charge in [-0.3, -0.25) is 18.6 Å². The first kappa shape index (κ1) is 59.6. The van der Waals surface area contributed by atoms with Gasteiger partial charge < -0.3 is 39.9 Å². The molecule has 8 atom stereocenters. The summed E-state index contributed by atoms with van der Waals surface area (Å²) < 4.78 is 33.6. The lowest BCUT2D eigenvalue weighted by Gasteiger charge is -2.41. The lowest BCUT2D eigenvalue weighted by Crippen LogP contribution is -2.64. The minimum absolute atomic E-state index is 0.0712. The number of esters is 2. The average Bonchev–Trinajstić information content (AvgIpc) is 3.26. The molecule has 0 bridgehead atoms. The summed E-state index contributed by atoms with van der Waals surface area (Å²) in [6.07, 6.45) is 29.8. The molecule has 1 rings (SSSR count). The van der Waals surface area contributed by atoms with E-state index in [1.165, 1.54) is 154 Å². The zero-order valence-electron chi connectivity index (χ0n) is 39.6. The van der Waals surface area contributed by atoms with Crippen LogP contribution in [0.4, 0.5) is 0 Å². The quantitative estimate of drug-likeness (QED) is 0.0146. The minimum atomic E-state index is -5.12. The second kappa shape index (κ2) is 39.7. The summed E-state index contributed by atoms with van der Waals surface area (Å²) in [6, 6.07) is 0. The molecule has 372 valence electrons. The van der Waals surface area contributed by atoms with Crippen molar-refractivity contribution >= 4 is 19.8 Å². The Labute approximate surface area is 382 Å². The summed E-state index contributed by atoms with van der Waals surface area (Å²) >= 11 is 0. The van der Waals surface area contributed by atoms with Crippen LogP contribution >= 0.6 is 7.82 Å². The Balaban J connectivity index is 2.39. The van der Waals surface area contributed by atoms with Gasteiger partial charge in [-0.25, -0.2) is 4.57 Å². The maximum atomic E-state index is 12.8. The Hall–Kier alpha value is -1.41. The van der Waals surface area contributed by atoms with E-state index in [4.69, 9.17) is 18.5 Å². The molecule has 1 aliphatic rings. The van der Waals surface area contributed by atoms with Crippen molar-refractivity contribution in [1.29, 1.82) is 0 Å². The Bertz CT molecular complexity index is 1160. The number of rotatable bonds is 43. The predicted molar refractivity (Wildman–Crippen MR) is 249 cm³/mol. The van der Waals surface area contributed by atoms with Crippen LogP contribution < -0.4 is 0 Å². The fourth-order valence-electron chi connectivity index (χ4n) is 7.99. The van der Waals surface area contributed by atoms with Crippen molar-refractivity contribution in [2.45, 2.75) is 275 Å². The first-order chi connectivity index (χ1) is 30.4. The fraction of sp³-hybridized carbons (Fsp3) is 0.918. The van der Waals surface area contributed by atoms with Crippen LogP contribution in [0.25, 0.3) is 0 Å². The number of ether oxygens (including phenoxy) is 2. The zero-order chi connectivity index (χ0) is 46.4. The Morgan fingerprint density at radius 1 is 0.476 bits per heavy atom. The van der Waals surface area contributed by atoms with Crippen molar-refractivity contribution in [2.75, 3.05) is 13.2 Å². The van der Waals surface area contributed by atoms with Crippen molar-refractivity contribution in [2.24, 2.45) is 0 Å². The minimum Gasteiger partial charge on any atom is -0.462 e. The molecular weight excluding hydrogens is 828 g/mol. The first-order valence-corrected chi connectivity index (χ1v) is 27.0. The molecule has 1 aliphatic carbocycles. The van der Waals surface area contributed by atoms with Gasteiger partial charge in [0.15, 0.2) is 6.10 Å². The molecule has 6 unspecified atom stereocenters. The smallest absolute Gasteiger partial charge is 0.462 e. The molecule has 6 N–H and O–H groups in total. The summed E-state index contributed by atoms with van der Waals surface area (Å²) in [4.78, 5) is 35.8. The van der Waals surface area contributed by atoms with Gasteiger partial charge in [0.05, 0.1) is 6.61 Å². The highest BCUT2D eigenvalue weighted by molar-refractivity contribution is 7.47. The van der Waals surface area contributed by atoms with Gasteiger partial charge in [-0.2, -0.15) is 0 Å². The van der Waals surface area contributed by atoms with Gasteiger partial charge in [0.1, 0.15) is 43.2 Å². The van der Waals surface area contributed by atoms with Gasteiger partial charge in [-0.15, -0.1) is 0 Å². The third-order valence-corrected chi connectivity index (χ3v) is 13.1. The first-order valence-electron chi connectivity index (χ1n) is 25.5. The van der Waals surface area contributed by atoms with Crippen molar-refractivity contribution < 1.29 is 63.1 Å². The van der Waals surface area contributed by atoms with Gasteiger partial charge in [0.2, 0.25) is 0 Å². The number of carbonyl (C=O) groups is 2. The van der Waals surface area contributed by atoms with Crippen LogP contribution in [0.5, 0.6) is 0 Å². The maximum absolute atomic E-state index is 12.8. The van der Waals surface area contributed by atoms with Crippen molar-refractivity contribution in [3.63, 3.8) is 0 Å². The lowest BCUT2D eigenvalue weighted by atomic mass is 9.85. The van der Waals surface area contributed by atoms with E-state index in [2.05, 4.69) is 26.0 Å². The van der Waals surface area contributed by atoms with Crippen LogP contribution in [0.2, 0.25) is 0 Å². The third kappa shape index (κ3) is 32.0. The van der Waals surface area contributed by atoms with E-state index in [0.29, 0.717) is 12.8 Å². The van der Waals surface area contributed by atoms with E-state index in [9.17, 15) is 44.6 Å². The number of phosphoric acid groups is 1. The van der Waals surface area contributed by atoms with E-state index in [1.807, 2.05) is 0 Å². The van der Waals surface area contributed by atoms with Gasteiger partial charge in [-0.1, -0.05) is 193 Å². The highest BCUT2D eigenvalue weighted by atomic mass is 31.2. The van der Waals surface area contributed by atoms with Crippen LogP contribution in [0.3, 0.4) is 0 Å². The highest BCUT2D eigenvalue weighted by Gasteiger charge is 2.51. The average molecular weight is 921 g/mol. The van der Waals surface area contributed by atoms with E-state index in [1.54, 1.807) is 0 Å². The second-order valence-corrected chi connectivity index (χ2v) is 19.4. The number of aliphatic hydroxyl groups excluding tert-OH is 5. The molecule has 0 spiro atoms. The van der Waals surface area contributed by atoms with Gasteiger partial charge in [-0.05, 0) is 38.5 Å². The number of allylic oxidation sites excluding steroid dienone is 2. The standard InChI is InChI=1S/C49H93O13P/c1-3-5-7-9-11-13-15-17-19-20-21-22-24-25-27-29-31-33-35-37-42(50)59-39-41(40-60-63(57,58)62-49-47(55)45(53)44(52)46(54)48(49)56)61-43(51)38-36-34-32-30-28-26-23-18-16-14-12-10-8-6-4-2/h28,30,41,44-49,52-56H,3-27,29,31-40H2,1-2H3,(H,57,58)/b30-28+/t41-,44?,45-,46?,47?,48?,49?/m0/s1. The molecule has 0 aromatic heterocycles. The van der Waals surface area contributed by atoms with Crippen LogP contribution in [-0.2, 0) is 32.7 Å². The largest absolute Gasteiger partial charge is 0.472 e. The van der Waals surface area contributed by atoms with Crippen molar-refractivity contribution in [1.82, 2.24) is 0 Å². The molecule has 0 aromatic carbocycles. The highest BCUT2D eigenvalue weighted by Crippen LogP contribution is 2.47. The van der Waals surface area contributed by atoms with E-state index in [0.717, 1.165) is 38.5 Å². The number of hydrogen-bond donors (Lipinski definition) is 6. The molecule has 0 amide bonds. The van der Waals surface area contributed by atoms with Crippen LogP contribution in [0.1, 0.15) is 232 Å². The van der Waals surface area contributed by atoms with Gasteiger partial charge >= 0.3 is 19.8 Å². The number of carbonyl (C=O) groups excluding carboxylic acids is 2. The molecule has 0 radical (unpaired) electrons. The number of unbranched alkanes of at least 4 members (excludes halogenated alkanes) is 29. The van der Waals surface area contributed by atoms with Gasteiger partial charge in [0.25, 0.3) is 0 Å². The summed E-state index contributed by atoms with van der Waals surface area (Å²) in [6.45, 7) is 3.32. The molecule has 0 heterocycles. The molecule has 0 aliphatic heterocycles. The normalized spacial score (nSPS) is 21.7. The Kier molecular flexibility index (Phi) is 37.6. The molecule has 0 aromatic rings. The summed E-state index contributed by atoms with van der Waals surface area (Å²) in [7, 11) is -5.12. The molecular formula is C49H93O13P. The van der Waals surface area contributed by atoms with Crippen LogP contribution in [0.15, 0.2) is 12.2 Å². The van der Waals surface area contributed by atoms with Gasteiger partial charge in [0, 0.05) is 12.8 Å². The lowest BCUT2D eigenvalue weighted by molar-refractivity contribution is -0.220. The number of aliphatic hydroxyl groups is 5. The molecule has 1 saturated carbocycles. The van der Waals surface area contributed by atoms with Crippen LogP contribution in [0, 0.1) is 0 Å². The monoisotopic (exact) mass is 921 g/mol. The third-order valence-electron chi connectivity index (χ3n) is 12.1. The molecule has 14 heteroatoms. The number of phosphoric ester groups is 1. The predicted octanol–water partition coefficient (Wildman–Crippen LogP) is 10.6. The van der Waals surface area contributed by atoms with Crippen molar-refractivity contribution in [3.8, 4) is 0 Å². The molecule has 13 nitrogen and oxygen atoms in total. The van der Waals surface area contributed by atoms with E-state index in [-0.39, 0.29) is 12.8 Å². The molecule has 63 heavy (non-hydrogen) atoms. The van der Waals surface area contributed by atoms with E-state index >= 15 is 0 Å². The summed E-state index contributed by atoms with van der Waals surface area (Å²) in [5, 5.41) is 50.2. The fourth-order valence-corrected chi connectivity index (χ4v) is 8.96. The summed E-state index contributed by atoms with van der Waals surface area (Å²) in [5.41, 5.74) is 0. The van der Waals surface area contributed by atoms with Crippen molar-refractivity contribution in [3.05, 3.63) is 12.2 Å². The Morgan fingerprint density at radius 3 is 1.24 bits per heavy atom. The second-order valence-electron chi connectivity index (χ2n) is 18.0. The topological polar surface area (TPSA) is 210 Å². The van der Waals surface area contributed by atoms with E-state index < -0.39 is 75.7 Å². The zero-order valence-corrected chi connectivity index (χ0v) is 40.5. The molecule has 1 fully saturated rings. The summed E-state index contributed by atoms with van der Waals surface area (Å²) in [5.74, 6) is -1.11.